The molecule has 0 aliphatic rings. The van der Waals surface area contributed by atoms with Crippen molar-refractivity contribution in [2.45, 2.75) is 392 Å². The SMILES string of the molecule is CC/C=C\C/C=C\C/C=C\C/C=C\C/C=C\CCCCCCCCCCCCCCCCCCCCCCCC(=O)OC(CO)COC(=O)CCCCCCCCCCCCCCCCCCCCCCCCCCCCCCC. The first-order chi connectivity index (χ1) is 39.6. The number of hydrogen-bond donors (Lipinski definition) is 1. The van der Waals surface area contributed by atoms with Crippen molar-refractivity contribution in [3.63, 3.8) is 0 Å². The molecule has 0 aliphatic heterocycles. The third-order valence-electron chi connectivity index (χ3n) is 16.3. The predicted molar refractivity (Wildman–Crippen MR) is 353 cm³/mol. The molecule has 0 aromatic carbocycles. The van der Waals surface area contributed by atoms with Crippen molar-refractivity contribution in [2.24, 2.45) is 0 Å². The highest BCUT2D eigenvalue weighted by Gasteiger charge is 2.16. The Kier molecular flexibility index (Phi) is 68.7. The molecule has 0 bridgehead atoms. The molecule has 5 nitrogen and oxygen atoms in total. The first-order valence-electron chi connectivity index (χ1n) is 35.8. The van der Waals surface area contributed by atoms with E-state index in [2.05, 4.69) is 74.6 Å². The van der Waals surface area contributed by atoms with Crippen LogP contribution in [0.4, 0.5) is 0 Å². The van der Waals surface area contributed by atoms with Crippen LogP contribution in [0.2, 0.25) is 0 Å². The Hall–Kier alpha value is -2.40. The van der Waals surface area contributed by atoms with Gasteiger partial charge in [-0.05, 0) is 57.8 Å². The average molecular weight is 1120 g/mol. The number of hydrogen-bond acceptors (Lipinski definition) is 5. The van der Waals surface area contributed by atoms with E-state index in [9.17, 15) is 14.7 Å². The van der Waals surface area contributed by atoms with Gasteiger partial charge in [0.15, 0.2) is 6.10 Å². The van der Waals surface area contributed by atoms with Gasteiger partial charge in [-0.15, -0.1) is 0 Å². The van der Waals surface area contributed by atoms with E-state index in [1.54, 1.807) is 0 Å². The van der Waals surface area contributed by atoms with Crippen molar-refractivity contribution in [1.82, 2.24) is 0 Å². The predicted octanol–water partition coefficient (Wildman–Crippen LogP) is 24.9. The van der Waals surface area contributed by atoms with Crippen LogP contribution in [0, 0.1) is 0 Å². The molecular formula is C75H138O5. The van der Waals surface area contributed by atoms with E-state index in [1.165, 1.54) is 295 Å². The zero-order valence-corrected chi connectivity index (χ0v) is 53.9. The minimum absolute atomic E-state index is 0.0596. The summed E-state index contributed by atoms with van der Waals surface area (Å²) in [6.07, 6.45) is 97.0. The van der Waals surface area contributed by atoms with Gasteiger partial charge in [-0.3, -0.25) is 9.59 Å². The van der Waals surface area contributed by atoms with Gasteiger partial charge in [0.1, 0.15) is 6.61 Å². The van der Waals surface area contributed by atoms with Gasteiger partial charge < -0.3 is 14.6 Å². The summed E-state index contributed by atoms with van der Waals surface area (Å²) >= 11 is 0. The highest BCUT2D eigenvalue weighted by molar-refractivity contribution is 5.70. The van der Waals surface area contributed by atoms with Crippen molar-refractivity contribution >= 4 is 11.9 Å². The minimum Gasteiger partial charge on any atom is -0.462 e. The van der Waals surface area contributed by atoms with Crippen LogP contribution in [0.5, 0.6) is 0 Å². The van der Waals surface area contributed by atoms with Crippen molar-refractivity contribution in [1.29, 1.82) is 0 Å². The number of carbonyl (C=O) groups excluding carboxylic acids is 2. The van der Waals surface area contributed by atoms with Crippen LogP contribution >= 0.6 is 0 Å². The highest BCUT2D eigenvalue weighted by Crippen LogP contribution is 2.19. The van der Waals surface area contributed by atoms with Crippen molar-refractivity contribution < 1.29 is 24.2 Å². The second kappa shape index (κ2) is 70.9. The molecule has 0 heterocycles. The molecule has 0 radical (unpaired) electrons. The smallest absolute Gasteiger partial charge is 0.306 e. The number of carbonyl (C=O) groups is 2. The summed E-state index contributed by atoms with van der Waals surface area (Å²) in [5, 5.41) is 9.71. The summed E-state index contributed by atoms with van der Waals surface area (Å²) < 4.78 is 10.8. The Balaban J connectivity index is 3.39. The number of rotatable bonds is 67. The van der Waals surface area contributed by atoms with Crippen LogP contribution in [0.15, 0.2) is 60.8 Å². The van der Waals surface area contributed by atoms with Crippen LogP contribution in [0.25, 0.3) is 0 Å². The second-order valence-electron chi connectivity index (χ2n) is 24.3. The van der Waals surface area contributed by atoms with E-state index in [-0.39, 0.29) is 25.2 Å². The number of aliphatic hydroxyl groups excluding tert-OH is 1. The van der Waals surface area contributed by atoms with E-state index < -0.39 is 6.10 Å². The maximum absolute atomic E-state index is 12.4. The Morgan fingerprint density at radius 3 is 0.812 bits per heavy atom. The van der Waals surface area contributed by atoms with E-state index in [0.717, 1.165) is 64.2 Å². The average Bonchev–Trinajstić information content (AvgIpc) is 3.46. The first kappa shape index (κ1) is 77.6. The molecule has 0 amide bonds. The lowest BCUT2D eigenvalue weighted by atomic mass is 10.0. The molecule has 80 heavy (non-hydrogen) atoms. The van der Waals surface area contributed by atoms with Gasteiger partial charge in [0.2, 0.25) is 0 Å². The number of aliphatic hydroxyl groups is 1. The number of esters is 2. The molecule has 0 spiro atoms. The molecule has 0 aliphatic carbocycles. The zero-order chi connectivity index (χ0) is 57.6. The molecule has 0 fully saturated rings. The molecule has 0 saturated carbocycles. The Morgan fingerprint density at radius 2 is 0.537 bits per heavy atom. The molecule has 1 unspecified atom stereocenters. The lowest BCUT2D eigenvalue weighted by Crippen LogP contribution is -2.28. The fraction of sp³-hybridized carbons (Fsp3) is 0.840. The van der Waals surface area contributed by atoms with E-state index in [4.69, 9.17) is 9.47 Å². The van der Waals surface area contributed by atoms with Crippen LogP contribution in [-0.4, -0.2) is 36.4 Å². The normalized spacial score (nSPS) is 12.5. The van der Waals surface area contributed by atoms with Crippen LogP contribution in [-0.2, 0) is 19.1 Å². The van der Waals surface area contributed by atoms with Crippen LogP contribution in [0.3, 0.4) is 0 Å². The Morgan fingerprint density at radius 1 is 0.300 bits per heavy atom. The lowest BCUT2D eigenvalue weighted by Gasteiger charge is -2.15. The van der Waals surface area contributed by atoms with Gasteiger partial charge in [0.25, 0.3) is 0 Å². The fourth-order valence-corrected chi connectivity index (χ4v) is 11.0. The van der Waals surface area contributed by atoms with Gasteiger partial charge in [-0.1, -0.05) is 376 Å². The third kappa shape index (κ3) is 68.1. The molecule has 0 saturated heterocycles. The molecule has 1 N–H and O–H groups in total. The van der Waals surface area contributed by atoms with Gasteiger partial charge in [-0.25, -0.2) is 0 Å². The summed E-state index contributed by atoms with van der Waals surface area (Å²) in [4.78, 5) is 24.7. The van der Waals surface area contributed by atoms with E-state index >= 15 is 0 Å². The topological polar surface area (TPSA) is 72.8 Å². The molecule has 468 valence electrons. The van der Waals surface area contributed by atoms with Crippen molar-refractivity contribution in [3.8, 4) is 0 Å². The molecule has 0 rings (SSSR count). The summed E-state index contributed by atoms with van der Waals surface area (Å²) in [7, 11) is 0. The standard InChI is InChI=1S/C75H138O5/c1-3-5-7-9-11-13-15-17-19-21-23-25-27-29-31-33-34-35-36-37-38-39-40-42-44-46-48-50-52-54-56-58-60-62-64-66-68-70-75(78)80-73(71-76)72-79-74(77)69-67-65-63-61-59-57-55-53-51-49-47-45-43-41-32-30-28-26-24-22-20-18-16-14-12-10-8-6-4-2/h5,7,11,13,17,19,23,25,29,31,73,76H,3-4,6,8-10,12,14-16,18,20-22,24,26-28,30,32-72H2,1-2H3/b7-5-,13-11-,19-17-,25-23-,31-29-. The summed E-state index contributed by atoms with van der Waals surface area (Å²) in [5.74, 6) is -0.566. The Labute approximate surface area is 500 Å². The van der Waals surface area contributed by atoms with Gasteiger partial charge in [-0.2, -0.15) is 0 Å². The largest absolute Gasteiger partial charge is 0.462 e. The lowest BCUT2D eigenvalue weighted by molar-refractivity contribution is -0.161. The molecule has 0 aromatic rings. The number of ether oxygens (including phenoxy) is 2. The second-order valence-corrected chi connectivity index (χ2v) is 24.3. The van der Waals surface area contributed by atoms with Gasteiger partial charge in [0, 0.05) is 12.8 Å². The Bertz CT molecular complexity index is 1360. The minimum atomic E-state index is -0.771. The van der Waals surface area contributed by atoms with E-state index in [0.29, 0.717) is 12.8 Å². The van der Waals surface area contributed by atoms with Crippen LogP contribution < -0.4 is 0 Å². The molecule has 0 aromatic heterocycles. The molecule has 5 heteroatoms. The van der Waals surface area contributed by atoms with Gasteiger partial charge in [0.05, 0.1) is 6.61 Å². The summed E-state index contributed by atoms with van der Waals surface area (Å²) in [5.41, 5.74) is 0. The summed E-state index contributed by atoms with van der Waals surface area (Å²) in [6, 6.07) is 0. The maximum atomic E-state index is 12.4. The zero-order valence-electron chi connectivity index (χ0n) is 53.9. The van der Waals surface area contributed by atoms with Crippen LogP contribution in [0.1, 0.15) is 386 Å². The fourth-order valence-electron chi connectivity index (χ4n) is 11.0. The van der Waals surface area contributed by atoms with Gasteiger partial charge >= 0.3 is 11.9 Å². The highest BCUT2D eigenvalue weighted by atomic mass is 16.6. The number of allylic oxidation sites excluding steroid dienone is 10. The third-order valence-corrected chi connectivity index (χ3v) is 16.3. The monoisotopic (exact) mass is 1120 g/mol. The maximum Gasteiger partial charge on any atom is 0.306 e. The van der Waals surface area contributed by atoms with Crippen molar-refractivity contribution in [2.75, 3.05) is 13.2 Å². The number of unbranched alkanes of at least 4 members (excludes halogenated alkanes) is 49. The first-order valence-corrected chi connectivity index (χ1v) is 35.8. The van der Waals surface area contributed by atoms with E-state index in [1.807, 2.05) is 0 Å². The quantitative estimate of drug-likeness (QED) is 0.0373. The van der Waals surface area contributed by atoms with Crippen molar-refractivity contribution in [3.05, 3.63) is 60.8 Å². The molecular weight excluding hydrogens is 981 g/mol. The molecule has 1 atom stereocenters. The summed E-state index contributed by atoms with van der Waals surface area (Å²) in [6.45, 7) is 4.09.